The fraction of sp³-hybridized carbons (Fsp3) is 0.385. The number of benzene rings is 2. The summed E-state index contributed by atoms with van der Waals surface area (Å²) in [6, 6.07) is 19.2. The number of hydrogen-bond donors (Lipinski definition) is 1. The Kier molecular flexibility index (Phi) is 7.57. The molecule has 1 atom stereocenters. The quantitative estimate of drug-likeness (QED) is 0.452. The van der Waals surface area contributed by atoms with E-state index < -0.39 is 23.6 Å². The van der Waals surface area contributed by atoms with E-state index in [9.17, 15) is 19.2 Å². The lowest BCUT2D eigenvalue weighted by Gasteiger charge is -2.36. The van der Waals surface area contributed by atoms with Crippen LogP contribution in [0.1, 0.15) is 30.4 Å². The molecule has 0 unspecified atom stereocenters. The van der Waals surface area contributed by atoms with Crippen molar-refractivity contribution in [1.29, 1.82) is 0 Å². The number of piperazine rings is 2. The summed E-state index contributed by atoms with van der Waals surface area (Å²) in [5.74, 6) is -1.97. The van der Waals surface area contributed by atoms with Crippen LogP contribution in [0.25, 0.3) is 0 Å². The Hall–Kier alpha value is -3.68. The second kappa shape index (κ2) is 11.0. The maximum atomic E-state index is 12.6. The minimum absolute atomic E-state index is 0.0922. The van der Waals surface area contributed by atoms with Crippen molar-refractivity contribution in [1.82, 2.24) is 20.0 Å². The Morgan fingerprint density at radius 3 is 1.97 bits per heavy atom. The largest absolute Gasteiger partial charge is 0.346 e. The third-order valence-electron chi connectivity index (χ3n) is 6.42. The minimum atomic E-state index is -0.565. The lowest BCUT2D eigenvalue weighted by Crippen LogP contribution is -2.57. The summed E-state index contributed by atoms with van der Waals surface area (Å²) in [5, 5.41) is 2.68. The summed E-state index contributed by atoms with van der Waals surface area (Å²) in [6.07, 6.45) is 2.23. The zero-order chi connectivity index (χ0) is 23.9. The van der Waals surface area contributed by atoms with E-state index in [2.05, 4.69) is 5.32 Å². The molecule has 2 fully saturated rings. The van der Waals surface area contributed by atoms with Crippen molar-refractivity contribution < 1.29 is 19.2 Å². The first-order chi connectivity index (χ1) is 16.5. The van der Waals surface area contributed by atoms with E-state index in [0.717, 1.165) is 30.4 Å². The van der Waals surface area contributed by atoms with Crippen LogP contribution in [0.15, 0.2) is 60.7 Å². The number of carbonyl (C=O) groups excluding carboxylic acids is 4. The van der Waals surface area contributed by atoms with E-state index >= 15 is 0 Å². The molecule has 4 rings (SSSR count). The van der Waals surface area contributed by atoms with Gasteiger partial charge in [-0.05, 0) is 30.4 Å². The first kappa shape index (κ1) is 23.5. The van der Waals surface area contributed by atoms with Crippen LogP contribution in [0.5, 0.6) is 0 Å². The standard InChI is InChI=1S/C26H30N4O4/c31-23-24(32)30(19-21-11-5-2-6-12-21)22(17-27-23)13-7-8-14-28-15-16-29(26(34)25(28)33)18-20-9-3-1-4-10-20/h1-6,9-12,22H,7-8,13-19H2,(H,27,31)/t22-/m0/s1. The Morgan fingerprint density at radius 1 is 0.706 bits per heavy atom. The molecule has 1 N–H and O–H groups in total. The normalized spacial score (nSPS) is 18.9. The van der Waals surface area contributed by atoms with Crippen molar-refractivity contribution >= 4 is 23.6 Å². The van der Waals surface area contributed by atoms with Gasteiger partial charge in [0.15, 0.2) is 0 Å². The molecule has 2 heterocycles. The van der Waals surface area contributed by atoms with Crippen LogP contribution in [0.2, 0.25) is 0 Å². The topological polar surface area (TPSA) is 90.0 Å². The van der Waals surface area contributed by atoms with Crippen molar-refractivity contribution in [2.45, 2.75) is 38.4 Å². The Bertz CT molecular complexity index is 1030. The number of unbranched alkanes of at least 4 members (excludes halogenated alkanes) is 1. The van der Waals surface area contributed by atoms with Crippen LogP contribution < -0.4 is 5.32 Å². The first-order valence-electron chi connectivity index (χ1n) is 11.8. The van der Waals surface area contributed by atoms with Crippen LogP contribution in [0.4, 0.5) is 0 Å². The second-order valence-corrected chi connectivity index (χ2v) is 8.78. The lowest BCUT2D eigenvalue weighted by molar-refractivity contribution is -0.156. The zero-order valence-electron chi connectivity index (χ0n) is 19.2. The molecule has 0 saturated carbocycles. The molecule has 2 aliphatic heterocycles. The summed E-state index contributed by atoms with van der Waals surface area (Å²) in [5.41, 5.74) is 1.99. The zero-order valence-corrected chi connectivity index (χ0v) is 19.2. The van der Waals surface area contributed by atoms with E-state index in [-0.39, 0.29) is 6.04 Å². The molecule has 0 aromatic heterocycles. The average molecular weight is 463 g/mol. The van der Waals surface area contributed by atoms with Gasteiger partial charge in [-0.15, -0.1) is 0 Å². The highest BCUT2D eigenvalue weighted by Crippen LogP contribution is 2.17. The molecule has 0 radical (unpaired) electrons. The van der Waals surface area contributed by atoms with Crippen LogP contribution >= 0.6 is 0 Å². The summed E-state index contributed by atoms with van der Waals surface area (Å²) in [7, 11) is 0. The summed E-state index contributed by atoms with van der Waals surface area (Å²) >= 11 is 0. The third kappa shape index (κ3) is 5.62. The number of rotatable bonds is 9. The van der Waals surface area contributed by atoms with Crippen LogP contribution in [-0.2, 0) is 32.3 Å². The van der Waals surface area contributed by atoms with E-state index in [1.807, 2.05) is 60.7 Å². The second-order valence-electron chi connectivity index (χ2n) is 8.78. The molecule has 2 aliphatic rings. The number of carbonyl (C=O) groups is 4. The predicted molar refractivity (Wildman–Crippen MR) is 126 cm³/mol. The molecule has 8 heteroatoms. The van der Waals surface area contributed by atoms with E-state index in [1.54, 1.807) is 14.7 Å². The highest BCUT2D eigenvalue weighted by atomic mass is 16.2. The molecule has 0 aliphatic carbocycles. The third-order valence-corrected chi connectivity index (χ3v) is 6.42. The van der Waals surface area contributed by atoms with Crippen LogP contribution in [-0.4, -0.2) is 70.5 Å². The van der Waals surface area contributed by atoms with Crippen molar-refractivity contribution in [2.24, 2.45) is 0 Å². The Balaban J connectivity index is 1.25. The van der Waals surface area contributed by atoms with Crippen molar-refractivity contribution in [3.63, 3.8) is 0 Å². The molecule has 2 saturated heterocycles. The van der Waals surface area contributed by atoms with Gasteiger partial charge in [0.05, 0.1) is 0 Å². The van der Waals surface area contributed by atoms with Crippen molar-refractivity contribution in [3.05, 3.63) is 71.8 Å². The molecule has 0 spiro atoms. The van der Waals surface area contributed by atoms with Gasteiger partial charge in [-0.3, -0.25) is 19.2 Å². The van der Waals surface area contributed by atoms with Gasteiger partial charge in [0, 0.05) is 45.3 Å². The predicted octanol–water partition coefficient (Wildman–Crippen LogP) is 1.55. The molecule has 2 aromatic carbocycles. The van der Waals surface area contributed by atoms with Gasteiger partial charge in [-0.1, -0.05) is 60.7 Å². The van der Waals surface area contributed by atoms with E-state index in [1.165, 1.54) is 0 Å². The minimum Gasteiger partial charge on any atom is -0.346 e. The van der Waals surface area contributed by atoms with Crippen molar-refractivity contribution in [2.75, 3.05) is 26.2 Å². The number of hydrogen-bond acceptors (Lipinski definition) is 4. The van der Waals surface area contributed by atoms with Gasteiger partial charge in [-0.25, -0.2) is 0 Å². The Morgan fingerprint density at radius 2 is 1.29 bits per heavy atom. The number of amides is 4. The molecule has 4 amide bonds. The highest BCUT2D eigenvalue weighted by Gasteiger charge is 2.34. The molecule has 2 aromatic rings. The fourth-order valence-electron chi connectivity index (χ4n) is 4.50. The average Bonchev–Trinajstić information content (AvgIpc) is 2.86. The molecule has 34 heavy (non-hydrogen) atoms. The summed E-state index contributed by atoms with van der Waals surface area (Å²) in [6.45, 7) is 2.82. The van der Waals surface area contributed by atoms with Gasteiger partial charge in [-0.2, -0.15) is 0 Å². The number of nitrogens with zero attached hydrogens (tertiary/aromatic N) is 3. The number of nitrogens with one attached hydrogen (secondary N) is 1. The van der Waals surface area contributed by atoms with Gasteiger partial charge >= 0.3 is 23.6 Å². The van der Waals surface area contributed by atoms with Gasteiger partial charge in [0.2, 0.25) is 0 Å². The lowest BCUT2D eigenvalue weighted by atomic mass is 10.0. The molecule has 178 valence electrons. The summed E-state index contributed by atoms with van der Waals surface area (Å²) < 4.78 is 0. The highest BCUT2D eigenvalue weighted by molar-refractivity contribution is 6.36. The Labute approximate surface area is 199 Å². The molecule has 8 nitrogen and oxygen atoms in total. The monoisotopic (exact) mass is 462 g/mol. The fourth-order valence-corrected chi connectivity index (χ4v) is 4.50. The van der Waals surface area contributed by atoms with E-state index in [4.69, 9.17) is 0 Å². The van der Waals surface area contributed by atoms with Gasteiger partial charge in [0.1, 0.15) is 0 Å². The maximum absolute atomic E-state index is 12.6. The summed E-state index contributed by atoms with van der Waals surface area (Å²) in [4.78, 5) is 54.4. The van der Waals surface area contributed by atoms with E-state index in [0.29, 0.717) is 39.3 Å². The van der Waals surface area contributed by atoms with Crippen molar-refractivity contribution in [3.8, 4) is 0 Å². The molecular weight excluding hydrogens is 432 g/mol. The SMILES string of the molecule is O=C1NC[C@H](CCCCN2CCN(Cc3ccccc3)C(=O)C2=O)N(Cc2ccccc2)C1=O. The maximum Gasteiger partial charge on any atom is 0.312 e. The van der Waals surface area contributed by atoms with Crippen LogP contribution in [0.3, 0.4) is 0 Å². The first-order valence-corrected chi connectivity index (χ1v) is 11.8. The molecule has 0 bridgehead atoms. The van der Waals surface area contributed by atoms with Gasteiger partial charge in [0.25, 0.3) is 0 Å². The smallest absolute Gasteiger partial charge is 0.312 e. The van der Waals surface area contributed by atoms with Gasteiger partial charge < -0.3 is 20.0 Å². The molecular formula is C26H30N4O4. The van der Waals surface area contributed by atoms with Crippen LogP contribution in [0, 0.1) is 0 Å².